The number of likely N-dealkylation sites (tertiary alicyclic amines) is 1. The Balaban J connectivity index is 2.25. The predicted molar refractivity (Wildman–Crippen MR) is 73.3 cm³/mol. The summed E-state index contributed by atoms with van der Waals surface area (Å²) in [5.41, 5.74) is 0.0277. The molecule has 1 aromatic carbocycles. The lowest BCUT2D eigenvalue weighted by Crippen LogP contribution is -2.46. The van der Waals surface area contributed by atoms with Crippen LogP contribution < -0.4 is 0 Å². The zero-order chi connectivity index (χ0) is 15.6. The summed E-state index contributed by atoms with van der Waals surface area (Å²) >= 11 is 0. The van der Waals surface area contributed by atoms with Gasteiger partial charge in [-0.15, -0.1) is 0 Å². The Kier molecular flexibility index (Phi) is 4.52. The van der Waals surface area contributed by atoms with Crippen LogP contribution in [0.5, 0.6) is 0 Å². The second-order valence-electron chi connectivity index (χ2n) is 5.48. The van der Waals surface area contributed by atoms with Crippen LogP contribution in [0.15, 0.2) is 18.2 Å². The lowest BCUT2D eigenvalue weighted by atomic mass is 9.92. The van der Waals surface area contributed by atoms with E-state index in [1.807, 2.05) is 6.92 Å². The second-order valence-corrected chi connectivity index (χ2v) is 5.48. The molecule has 0 spiro atoms. The monoisotopic (exact) mass is 296 g/mol. The maximum absolute atomic E-state index is 13.3. The number of carbonyl (C=O) groups is 1. The summed E-state index contributed by atoms with van der Waals surface area (Å²) in [4.78, 5) is 23.4. The van der Waals surface area contributed by atoms with E-state index < -0.39 is 22.8 Å². The molecule has 0 radical (unpaired) electrons. The van der Waals surface area contributed by atoms with Gasteiger partial charge >= 0.3 is 5.97 Å². The molecule has 1 saturated heterocycles. The molecule has 6 nitrogen and oxygen atoms in total. The first kappa shape index (κ1) is 15.4. The van der Waals surface area contributed by atoms with Crippen molar-refractivity contribution in [3.8, 4) is 0 Å². The molecule has 2 unspecified atom stereocenters. The summed E-state index contributed by atoms with van der Waals surface area (Å²) in [5.74, 6) is -1.21. The van der Waals surface area contributed by atoms with Crippen molar-refractivity contribution in [3.63, 3.8) is 0 Å². The fourth-order valence-corrected chi connectivity index (χ4v) is 2.71. The predicted octanol–water partition coefficient (Wildman–Crippen LogP) is 2.42. The summed E-state index contributed by atoms with van der Waals surface area (Å²) < 4.78 is 13.3. The van der Waals surface area contributed by atoms with Gasteiger partial charge in [-0.3, -0.25) is 19.8 Å². The van der Waals surface area contributed by atoms with Crippen LogP contribution in [0.2, 0.25) is 0 Å². The van der Waals surface area contributed by atoms with Gasteiger partial charge in [-0.05, 0) is 37.4 Å². The number of aliphatic carboxylic acids is 1. The van der Waals surface area contributed by atoms with Crippen molar-refractivity contribution in [2.24, 2.45) is 5.92 Å². The first-order chi connectivity index (χ1) is 9.88. The number of benzene rings is 1. The molecule has 1 heterocycles. The van der Waals surface area contributed by atoms with Crippen LogP contribution in [-0.4, -0.2) is 33.5 Å². The van der Waals surface area contributed by atoms with Gasteiger partial charge in [0.05, 0.1) is 4.92 Å². The highest BCUT2D eigenvalue weighted by Gasteiger charge is 2.32. The number of nitro benzene ring substituents is 1. The van der Waals surface area contributed by atoms with Gasteiger partial charge in [-0.2, -0.15) is 0 Å². The topological polar surface area (TPSA) is 83.7 Å². The fraction of sp³-hybridized carbons (Fsp3) is 0.500. The minimum atomic E-state index is -0.944. The molecular formula is C14H17FN2O4. The highest BCUT2D eigenvalue weighted by molar-refractivity contribution is 5.73. The molecule has 1 fully saturated rings. The molecule has 2 rings (SSSR count). The van der Waals surface area contributed by atoms with E-state index in [9.17, 15) is 24.4 Å². The molecule has 1 N–H and O–H groups in total. The fourth-order valence-electron chi connectivity index (χ4n) is 2.71. The average molecular weight is 296 g/mol. The van der Waals surface area contributed by atoms with Crippen LogP contribution >= 0.6 is 0 Å². The highest BCUT2D eigenvalue weighted by Crippen LogP contribution is 2.27. The van der Waals surface area contributed by atoms with Gasteiger partial charge in [-0.25, -0.2) is 4.39 Å². The van der Waals surface area contributed by atoms with Crippen LogP contribution in [0, 0.1) is 21.8 Å². The van der Waals surface area contributed by atoms with Crippen LogP contribution in [0.4, 0.5) is 10.1 Å². The third-order valence-electron chi connectivity index (χ3n) is 3.87. The minimum absolute atomic E-state index is 0.0672. The van der Waals surface area contributed by atoms with Crippen molar-refractivity contribution < 1.29 is 19.2 Å². The smallest absolute Gasteiger partial charge is 0.320 e. The Morgan fingerprint density at radius 2 is 2.29 bits per heavy atom. The lowest BCUT2D eigenvalue weighted by Gasteiger charge is -2.35. The van der Waals surface area contributed by atoms with E-state index in [2.05, 4.69) is 0 Å². The molecule has 1 aromatic rings. The summed E-state index contributed by atoms with van der Waals surface area (Å²) in [6.45, 7) is 2.58. The van der Waals surface area contributed by atoms with Crippen molar-refractivity contribution in [2.45, 2.75) is 32.4 Å². The molecular weight excluding hydrogens is 279 g/mol. The van der Waals surface area contributed by atoms with Crippen LogP contribution in [0.25, 0.3) is 0 Å². The van der Waals surface area contributed by atoms with Gasteiger partial charge in [0, 0.05) is 18.2 Å². The Morgan fingerprint density at radius 1 is 1.57 bits per heavy atom. The number of hydrogen-bond donors (Lipinski definition) is 1. The third-order valence-corrected chi connectivity index (χ3v) is 3.87. The van der Waals surface area contributed by atoms with Crippen molar-refractivity contribution in [3.05, 3.63) is 39.7 Å². The standard InChI is InChI=1S/C14H17FN2O4/c1-9-4-5-16(13(6-9)14(18)19)8-10-7-11(15)2-3-12(10)17(20)21/h2-3,7,9,13H,4-6,8H2,1H3,(H,18,19). The number of halogens is 1. The normalized spacial score (nSPS) is 23.0. The number of piperidine rings is 1. The maximum atomic E-state index is 13.3. The van der Waals surface area contributed by atoms with Gasteiger partial charge in [0.15, 0.2) is 0 Å². The molecule has 0 amide bonds. The molecule has 2 atom stereocenters. The molecule has 0 saturated carbocycles. The van der Waals surface area contributed by atoms with E-state index in [1.165, 1.54) is 0 Å². The van der Waals surface area contributed by atoms with Gasteiger partial charge in [0.1, 0.15) is 11.9 Å². The first-order valence-electron chi connectivity index (χ1n) is 6.78. The van der Waals surface area contributed by atoms with Crippen molar-refractivity contribution >= 4 is 11.7 Å². The van der Waals surface area contributed by atoms with Crippen molar-refractivity contribution in [2.75, 3.05) is 6.54 Å². The quantitative estimate of drug-likeness (QED) is 0.681. The molecule has 21 heavy (non-hydrogen) atoms. The Labute approximate surface area is 121 Å². The molecule has 1 aliphatic heterocycles. The summed E-state index contributed by atoms with van der Waals surface area (Å²) in [5, 5.41) is 20.3. The summed E-state index contributed by atoms with van der Waals surface area (Å²) in [7, 11) is 0. The lowest BCUT2D eigenvalue weighted by molar-refractivity contribution is -0.385. The van der Waals surface area contributed by atoms with Crippen molar-refractivity contribution in [1.82, 2.24) is 4.90 Å². The Hall–Kier alpha value is -2.02. The molecule has 7 heteroatoms. The van der Waals surface area contributed by atoms with E-state index in [0.717, 1.165) is 24.6 Å². The summed E-state index contributed by atoms with van der Waals surface area (Å²) in [6.07, 6.45) is 1.32. The average Bonchev–Trinajstić information content (AvgIpc) is 2.40. The van der Waals surface area contributed by atoms with E-state index >= 15 is 0 Å². The number of rotatable bonds is 4. The third kappa shape index (κ3) is 3.55. The van der Waals surface area contributed by atoms with Crippen LogP contribution in [0.1, 0.15) is 25.3 Å². The molecule has 114 valence electrons. The largest absolute Gasteiger partial charge is 0.480 e. The molecule has 0 aromatic heterocycles. The van der Waals surface area contributed by atoms with E-state index in [1.54, 1.807) is 4.90 Å². The SMILES string of the molecule is CC1CCN(Cc2cc(F)ccc2[N+](=O)[O-])C(C(=O)O)C1. The van der Waals surface area contributed by atoms with Crippen LogP contribution in [0.3, 0.4) is 0 Å². The first-order valence-corrected chi connectivity index (χ1v) is 6.78. The van der Waals surface area contributed by atoms with Gasteiger partial charge in [-0.1, -0.05) is 6.92 Å². The number of carboxylic acids is 1. The Morgan fingerprint density at radius 3 is 2.90 bits per heavy atom. The number of hydrogen-bond acceptors (Lipinski definition) is 4. The van der Waals surface area contributed by atoms with E-state index in [0.29, 0.717) is 18.9 Å². The zero-order valence-electron chi connectivity index (χ0n) is 11.7. The van der Waals surface area contributed by atoms with E-state index in [4.69, 9.17) is 0 Å². The highest BCUT2D eigenvalue weighted by atomic mass is 19.1. The zero-order valence-corrected chi connectivity index (χ0v) is 11.7. The minimum Gasteiger partial charge on any atom is -0.480 e. The number of carboxylic acid groups (broad SMARTS) is 1. The second kappa shape index (κ2) is 6.17. The molecule has 1 aliphatic rings. The van der Waals surface area contributed by atoms with Crippen molar-refractivity contribution in [1.29, 1.82) is 0 Å². The van der Waals surface area contributed by atoms with E-state index in [-0.39, 0.29) is 17.8 Å². The summed E-state index contributed by atoms with van der Waals surface area (Å²) in [6, 6.07) is 2.58. The van der Waals surface area contributed by atoms with Gasteiger partial charge in [0.25, 0.3) is 5.69 Å². The maximum Gasteiger partial charge on any atom is 0.320 e. The number of nitro groups is 1. The number of nitrogens with zero attached hydrogens (tertiary/aromatic N) is 2. The van der Waals surface area contributed by atoms with Gasteiger partial charge < -0.3 is 5.11 Å². The molecule has 0 bridgehead atoms. The molecule has 0 aliphatic carbocycles. The Bertz CT molecular complexity index is 564. The van der Waals surface area contributed by atoms with Gasteiger partial charge in [0.2, 0.25) is 0 Å². The van der Waals surface area contributed by atoms with Crippen LogP contribution in [-0.2, 0) is 11.3 Å².